The molecular weight excluding hydrogens is 228 g/mol. The SMILES string of the molecule is COCCCC(=O)O[C@@H]1CC[C@H]2CCCC[C@H]2C1. The van der Waals surface area contributed by atoms with E-state index in [0.29, 0.717) is 13.0 Å². The Morgan fingerprint density at radius 2 is 1.89 bits per heavy atom. The van der Waals surface area contributed by atoms with E-state index < -0.39 is 0 Å². The summed E-state index contributed by atoms with van der Waals surface area (Å²) in [6.45, 7) is 0.643. The minimum Gasteiger partial charge on any atom is -0.462 e. The molecule has 2 saturated carbocycles. The maximum Gasteiger partial charge on any atom is 0.306 e. The number of esters is 1. The molecule has 3 nitrogen and oxygen atoms in total. The first kappa shape index (κ1) is 13.9. The molecule has 0 radical (unpaired) electrons. The first-order valence-electron chi connectivity index (χ1n) is 7.48. The summed E-state index contributed by atoms with van der Waals surface area (Å²) in [6, 6.07) is 0. The molecule has 0 aliphatic heterocycles. The second kappa shape index (κ2) is 7.13. The van der Waals surface area contributed by atoms with Crippen molar-refractivity contribution in [3.05, 3.63) is 0 Å². The van der Waals surface area contributed by atoms with Gasteiger partial charge in [0, 0.05) is 20.1 Å². The number of ether oxygens (including phenoxy) is 2. The molecule has 0 aromatic heterocycles. The number of hydrogen-bond acceptors (Lipinski definition) is 3. The number of rotatable bonds is 5. The standard InChI is InChI=1S/C15H26O3/c1-17-10-4-7-15(16)18-14-9-8-12-5-2-3-6-13(12)11-14/h12-14H,2-11H2,1H3/t12-,13+,14-/m1/s1. The van der Waals surface area contributed by atoms with Crippen LogP contribution < -0.4 is 0 Å². The van der Waals surface area contributed by atoms with Crippen molar-refractivity contribution >= 4 is 5.97 Å². The Kier molecular flexibility index (Phi) is 5.48. The molecule has 18 heavy (non-hydrogen) atoms. The molecule has 0 N–H and O–H groups in total. The summed E-state index contributed by atoms with van der Waals surface area (Å²) in [4.78, 5) is 11.7. The molecule has 0 aromatic rings. The zero-order chi connectivity index (χ0) is 12.8. The van der Waals surface area contributed by atoms with E-state index in [0.717, 1.165) is 31.1 Å². The molecule has 0 aromatic carbocycles. The van der Waals surface area contributed by atoms with E-state index in [9.17, 15) is 4.79 Å². The van der Waals surface area contributed by atoms with Crippen molar-refractivity contribution in [2.75, 3.05) is 13.7 Å². The number of carbonyl (C=O) groups is 1. The maximum absolute atomic E-state index is 11.7. The highest BCUT2D eigenvalue weighted by Gasteiger charge is 2.33. The lowest BCUT2D eigenvalue weighted by molar-refractivity contribution is -0.152. The highest BCUT2D eigenvalue weighted by atomic mass is 16.5. The van der Waals surface area contributed by atoms with Crippen molar-refractivity contribution in [2.45, 2.75) is 63.9 Å². The molecular formula is C15H26O3. The maximum atomic E-state index is 11.7. The largest absolute Gasteiger partial charge is 0.462 e. The van der Waals surface area contributed by atoms with Gasteiger partial charge in [-0.3, -0.25) is 4.79 Å². The van der Waals surface area contributed by atoms with Crippen LogP contribution in [0.5, 0.6) is 0 Å². The molecule has 0 spiro atoms. The van der Waals surface area contributed by atoms with Gasteiger partial charge in [-0.2, -0.15) is 0 Å². The van der Waals surface area contributed by atoms with E-state index >= 15 is 0 Å². The van der Waals surface area contributed by atoms with Crippen LogP contribution in [0.15, 0.2) is 0 Å². The quantitative estimate of drug-likeness (QED) is 0.557. The van der Waals surface area contributed by atoms with Crippen molar-refractivity contribution in [3.8, 4) is 0 Å². The summed E-state index contributed by atoms with van der Waals surface area (Å²) in [5, 5.41) is 0. The van der Waals surface area contributed by atoms with Gasteiger partial charge in [-0.15, -0.1) is 0 Å². The lowest BCUT2D eigenvalue weighted by atomic mass is 9.70. The Balaban J connectivity index is 1.69. The third-order valence-electron chi connectivity index (χ3n) is 4.52. The van der Waals surface area contributed by atoms with E-state index in [-0.39, 0.29) is 12.1 Å². The van der Waals surface area contributed by atoms with Crippen molar-refractivity contribution in [1.29, 1.82) is 0 Å². The highest BCUT2D eigenvalue weighted by Crippen LogP contribution is 2.41. The van der Waals surface area contributed by atoms with Crippen molar-refractivity contribution in [2.24, 2.45) is 11.8 Å². The molecule has 2 fully saturated rings. The summed E-state index contributed by atoms with van der Waals surface area (Å²) in [5.41, 5.74) is 0. The smallest absolute Gasteiger partial charge is 0.306 e. The highest BCUT2D eigenvalue weighted by molar-refractivity contribution is 5.69. The van der Waals surface area contributed by atoms with E-state index in [2.05, 4.69) is 0 Å². The molecule has 0 amide bonds. The molecule has 2 aliphatic rings. The first-order chi connectivity index (χ1) is 8.79. The zero-order valence-corrected chi connectivity index (χ0v) is 11.5. The lowest BCUT2D eigenvalue weighted by Crippen LogP contribution is -2.33. The predicted molar refractivity (Wildman–Crippen MR) is 70.3 cm³/mol. The average Bonchev–Trinajstić information content (AvgIpc) is 2.39. The van der Waals surface area contributed by atoms with Crippen molar-refractivity contribution < 1.29 is 14.3 Å². The van der Waals surface area contributed by atoms with E-state index in [4.69, 9.17) is 9.47 Å². The number of methoxy groups -OCH3 is 1. The zero-order valence-electron chi connectivity index (χ0n) is 11.5. The van der Waals surface area contributed by atoms with Crippen molar-refractivity contribution in [3.63, 3.8) is 0 Å². The summed E-state index contributed by atoms with van der Waals surface area (Å²) < 4.78 is 10.5. The topological polar surface area (TPSA) is 35.5 Å². The number of carbonyl (C=O) groups excluding carboxylic acids is 1. The van der Waals surface area contributed by atoms with Gasteiger partial charge in [0.2, 0.25) is 0 Å². The summed E-state index contributed by atoms with van der Waals surface area (Å²) >= 11 is 0. The van der Waals surface area contributed by atoms with Gasteiger partial charge in [0.05, 0.1) is 0 Å². The van der Waals surface area contributed by atoms with Crippen LogP contribution in [0.25, 0.3) is 0 Å². The molecule has 3 atom stereocenters. The molecule has 0 saturated heterocycles. The molecule has 104 valence electrons. The van der Waals surface area contributed by atoms with Gasteiger partial charge in [0.1, 0.15) is 6.10 Å². The van der Waals surface area contributed by atoms with Gasteiger partial charge in [-0.05, 0) is 37.5 Å². The van der Waals surface area contributed by atoms with E-state index in [1.165, 1.54) is 32.1 Å². The Hall–Kier alpha value is -0.570. The van der Waals surface area contributed by atoms with Crippen LogP contribution in [0.1, 0.15) is 57.8 Å². The number of hydrogen-bond donors (Lipinski definition) is 0. The predicted octanol–water partition coefficient (Wildman–Crippen LogP) is 3.32. The normalized spacial score (nSPS) is 31.7. The van der Waals surface area contributed by atoms with E-state index in [1.807, 2.05) is 0 Å². The molecule has 2 aliphatic carbocycles. The average molecular weight is 254 g/mol. The second-order valence-corrected chi connectivity index (χ2v) is 5.83. The molecule has 3 heteroatoms. The third-order valence-corrected chi connectivity index (χ3v) is 4.52. The Bertz CT molecular complexity index is 264. The Labute approximate surface area is 110 Å². The fourth-order valence-corrected chi connectivity index (χ4v) is 3.54. The fraction of sp³-hybridized carbons (Fsp3) is 0.933. The lowest BCUT2D eigenvalue weighted by Gasteiger charge is -2.38. The van der Waals surface area contributed by atoms with E-state index in [1.54, 1.807) is 7.11 Å². The van der Waals surface area contributed by atoms with Crippen LogP contribution in [0.2, 0.25) is 0 Å². The molecule has 0 unspecified atom stereocenters. The Morgan fingerprint density at radius 3 is 2.67 bits per heavy atom. The second-order valence-electron chi connectivity index (χ2n) is 5.83. The summed E-state index contributed by atoms with van der Waals surface area (Å²) in [7, 11) is 1.66. The summed E-state index contributed by atoms with van der Waals surface area (Å²) in [5.74, 6) is 1.71. The monoisotopic (exact) mass is 254 g/mol. The van der Waals surface area contributed by atoms with Gasteiger partial charge in [0.25, 0.3) is 0 Å². The number of fused-ring (bicyclic) bond motifs is 1. The fourth-order valence-electron chi connectivity index (χ4n) is 3.54. The van der Waals surface area contributed by atoms with Crippen LogP contribution in [0.4, 0.5) is 0 Å². The van der Waals surface area contributed by atoms with Gasteiger partial charge >= 0.3 is 5.97 Å². The van der Waals surface area contributed by atoms with Gasteiger partial charge in [0.15, 0.2) is 0 Å². The third kappa shape index (κ3) is 3.98. The van der Waals surface area contributed by atoms with Gasteiger partial charge < -0.3 is 9.47 Å². The van der Waals surface area contributed by atoms with Crippen LogP contribution in [-0.2, 0) is 14.3 Å². The molecule has 0 heterocycles. The van der Waals surface area contributed by atoms with Crippen LogP contribution in [-0.4, -0.2) is 25.8 Å². The minimum absolute atomic E-state index is 0.0358. The van der Waals surface area contributed by atoms with Crippen LogP contribution in [0.3, 0.4) is 0 Å². The Morgan fingerprint density at radius 1 is 1.11 bits per heavy atom. The van der Waals surface area contributed by atoms with Gasteiger partial charge in [-0.25, -0.2) is 0 Å². The van der Waals surface area contributed by atoms with Gasteiger partial charge in [-0.1, -0.05) is 25.7 Å². The molecule has 0 bridgehead atoms. The summed E-state index contributed by atoms with van der Waals surface area (Å²) in [6.07, 6.45) is 10.4. The van der Waals surface area contributed by atoms with Crippen LogP contribution in [0, 0.1) is 11.8 Å². The van der Waals surface area contributed by atoms with Crippen molar-refractivity contribution in [1.82, 2.24) is 0 Å². The first-order valence-corrected chi connectivity index (χ1v) is 7.48. The van der Waals surface area contributed by atoms with Crippen LogP contribution >= 0.6 is 0 Å². The minimum atomic E-state index is -0.0358. The molecule has 2 rings (SSSR count).